The summed E-state index contributed by atoms with van der Waals surface area (Å²) >= 11 is 2.73. The van der Waals surface area contributed by atoms with E-state index in [4.69, 9.17) is 0 Å². The number of aryl methyl sites for hydroxylation is 2. The standard InChI is InChI=1S/C23H29N7O2S2/c1-14-9-10-17(11-15(14)2)24-19(31)12-18-26-29-23(30(18)3)33-13-20(32)25-22-28-27-21(34-22)16-7-5-4-6-8-16/h9-11,16H,4-8,12-13H2,1-3H3,(H,24,31)(H,25,28,32). The second kappa shape index (κ2) is 11.1. The first-order valence-corrected chi connectivity index (χ1v) is 13.2. The van der Waals surface area contributed by atoms with Crippen molar-refractivity contribution in [3.8, 4) is 0 Å². The molecule has 180 valence electrons. The minimum atomic E-state index is -0.173. The lowest BCUT2D eigenvalue weighted by molar-refractivity contribution is -0.116. The van der Waals surface area contributed by atoms with Crippen molar-refractivity contribution in [2.45, 2.75) is 63.4 Å². The van der Waals surface area contributed by atoms with Crippen LogP contribution in [0.5, 0.6) is 0 Å². The van der Waals surface area contributed by atoms with E-state index in [-0.39, 0.29) is 24.0 Å². The number of amides is 2. The fourth-order valence-corrected chi connectivity index (χ4v) is 5.54. The Labute approximate surface area is 207 Å². The second-order valence-corrected chi connectivity index (χ2v) is 10.6. The molecule has 1 saturated carbocycles. The highest BCUT2D eigenvalue weighted by atomic mass is 32.2. The summed E-state index contributed by atoms with van der Waals surface area (Å²) in [5, 5.41) is 24.5. The van der Waals surface area contributed by atoms with Crippen LogP contribution < -0.4 is 10.6 Å². The van der Waals surface area contributed by atoms with Gasteiger partial charge in [0.2, 0.25) is 16.9 Å². The topological polar surface area (TPSA) is 115 Å². The van der Waals surface area contributed by atoms with Crippen molar-refractivity contribution < 1.29 is 9.59 Å². The van der Waals surface area contributed by atoms with Gasteiger partial charge in [0.25, 0.3) is 0 Å². The van der Waals surface area contributed by atoms with Crippen LogP contribution in [-0.2, 0) is 23.1 Å². The van der Waals surface area contributed by atoms with Gasteiger partial charge in [0.05, 0.1) is 12.2 Å². The number of nitrogens with one attached hydrogen (secondary N) is 2. The SMILES string of the molecule is Cc1ccc(NC(=O)Cc2nnc(SCC(=O)Nc3nnc(C4CCCCC4)s3)n2C)cc1C. The fourth-order valence-electron chi connectivity index (χ4n) is 3.88. The first kappa shape index (κ1) is 24.3. The molecule has 0 radical (unpaired) electrons. The van der Waals surface area contributed by atoms with Gasteiger partial charge in [-0.25, -0.2) is 0 Å². The number of anilines is 2. The molecule has 1 aromatic carbocycles. The van der Waals surface area contributed by atoms with Crippen molar-refractivity contribution in [2.75, 3.05) is 16.4 Å². The molecule has 2 aromatic heterocycles. The van der Waals surface area contributed by atoms with Gasteiger partial charge >= 0.3 is 0 Å². The molecular formula is C23H29N7O2S2. The molecule has 11 heteroatoms. The van der Waals surface area contributed by atoms with Gasteiger partial charge in [0, 0.05) is 18.7 Å². The Bertz CT molecular complexity index is 1170. The molecule has 2 heterocycles. The lowest BCUT2D eigenvalue weighted by Crippen LogP contribution is -2.17. The van der Waals surface area contributed by atoms with Gasteiger partial charge in [0.15, 0.2) is 5.16 Å². The molecule has 4 rings (SSSR count). The van der Waals surface area contributed by atoms with Gasteiger partial charge < -0.3 is 9.88 Å². The molecule has 9 nitrogen and oxygen atoms in total. The number of carbonyl (C=O) groups excluding carboxylic acids is 2. The number of aromatic nitrogens is 5. The van der Waals surface area contributed by atoms with Crippen LogP contribution in [0.3, 0.4) is 0 Å². The quantitative estimate of drug-likeness (QED) is 0.445. The Morgan fingerprint density at radius 2 is 1.82 bits per heavy atom. The van der Waals surface area contributed by atoms with Gasteiger partial charge in [0.1, 0.15) is 10.8 Å². The number of benzene rings is 1. The minimum Gasteiger partial charge on any atom is -0.326 e. The Kier molecular flexibility index (Phi) is 7.94. The minimum absolute atomic E-state index is 0.0951. The molecule has 1 aliphatic carbocycles. The maximum absolute atomic E-state index is 12.5. The van der Waals surface area contributed by atoms with E-state index in [1.165, 1.54) is 47.9 Å². The molecule has 0 unspecified atom stereocenters. The highest BCUT2D eigenvalue weighted by molar-refractivity contribution is 7.99. The van der Waals surface area contributed by atoms with Gasteiger partial charge in [-0.2, -0.15) is 0 Å². The molecule has 2 amide bonds. The third-order valence-corrected chi connectivity index (χ3v) is 8.03. The summed E-state index contributed by atoms with van der Waals surface area (Å²) in [5.41, 5.74) is 3.05. The van der Waals surface area contributed by atoms with Crippen LogP contribution in [-0.4, -0.2) is 42.5 Å². The molecule has 34 heavy (non-hydrogen) atoms. The van der Waals surface area contributed by atoms with E-state index < -0.39 is 0 Å². The summed E-state index contributed by atoms with van der Waals surface area (Å²) < 4.78 is 1.74. The van der Waals surface area contributed by atoms with Crippen molar-refractivity contribution in [1.29, 1.82) is 0 Å². The van der Waals surface area contributed by atoms with Gasteiger partial charge in [-0.05, 0) is 49.9 Å². The number of nitrogens with zero attached hydrogens (tertiary/aromatic N) is 5. The number of hydrogen-bond donors (Lipinski definition) is 2. The molecule has 1 aliphatic rings. The monoisotopic (exact) mass is 499 g/mol. The maximum atomic E-state index is 12.5. The van der Waals surface area contributed by atoms with E-state index in [9.17, 15) is 9.59 Å². The van der Waals surface area contributed by atoms with Gasteiger partial charge in [-0.1, -0.05) is 48.4 Å². The largest absolute Gasteiger partial charge is 0.326 e. The predicted molar refractivity (Wildman–Crippen MR) is 134 cm³/mol. The fraction of sp³-hybridized carbons (Fsp3) is 0.478. The molecule has 3 aromatic rings. The zero-order valence-corrected chi connectivity index (χ0v) is 21.3. The van der Waals surface area contributed by atoms with E-state index in [1.54, 1.807) is 11.6 Å². The van der Waals surface area contributed by atoms with Crippen LogP contribution in [0.2, 0.25) is 0 Å². The van der Waals surface area contributed by atoms with Crippen LogP contribution in [0.1, 0.15) is 60.0 Å². The molecule has 0 bridgehead atoms. The Morgan fingerprint density at radius 1 is 1.03 bits per heavy atom. The van der Waals surface area contributed by atoms with Crippen molar-refractivity contribution >= 4 is 45.7 Å². The molecule has 0 aliphatic heterocycles. The number of thioether (sulfide) groups is 1. The van der Waals surface area contributed by atoms with Crippen molar-refractivity contribution in [3.63, 3.8) is 0 Å². The highest BCUT2D eigenvalue weighted by Gasteiger charge is 2.20. The Morgan fingerprint density at radius 3 is 2.59 bits per heavy atom. The van der Waals surface area contributed by atoms with Crippen molar-refractivity contribution in [2.24, 2.45) is 7.05 Å². The molecule has 1 fully saturated rings. The van der Waals surface area contributed by atoms with Gasteiger partial charge in [-0.3, -0.25) is 14.9 Å². The van der Waals surface area contributed by atoms with Crippen LogP contribution >= 0.6 is 23.1 Å². The number of rotatable bonds is 8. The molecule has 2 N–H and O–H groups in total. The van der Waals surface area contributed by atoms with E-state index in [1.807, 2.05) is 32.0 Å². The summed E-state index contributed by atoms with van der Waals surface area (Å²) in [4.78, 5) is 24.9. The maximum Gasteiger partial charge on any atom is 0.236 e. The third-order valence-electron chi connectivity index (χ3n) is 6.01. The van der Waals surface area contributed by atoms with Gasteiger partial charge in [-0.15, -0.1) is 20.4 Å². The molecule has 0 spiro atoms. The first-order valence-electron chi connectivity index (χ1n) is 11.4. The second-order valence-electron chi connectivity index (χ2n) is 8.60. The average Bonchev–Trinajstić information content (AvgIpc) is 3.42. The smallest absolute Gasteiger partial charge is 0.236 e. The third kappa shape index (κ3) is 6.20. The summed E-state index contributed by atoms with van der Waals surface area (Å²) in [6.45, 7) is 4.04. The summed E-state index contributed by atoms with van der Waals surface area (Å²) in [6, 6.07) is 5.80. The summed E-state index contributed by atoms with van der Waals surface area (Å²) in [6.07, 6.45) is 6.14. The zero-order valence-electron chi connectivity index (χ0n) is 19.6. The normalized spacial score (nSPS) is 14.2. The van der Waals surface area contributed by atoms with Crippen LogP contribution in [0.25, 0.3) is 0 Å². The first-order chi connectivity index (χ1) is 16.4. The van der Waals surface area contributed by atoms with Crippen molar-refractivity contribution in [1.82, 2.24) is 25.0 Å². The Balaban J connectivity index is 1.26. The van der Waals surface area contributed by atoms with Crippen LogP contribution in [0.15, 0.2) is 23.4 Å². The van der Waals surface area contributed by atoms with Crippen LogP contribution in [0.4, 0.5) is 10.8 Å². The lowest BCUT2D eigenvalue weighted by atomic mass is 9.90. The Hall–Kier alpha value is -2.79. The number of carbonyl (C=O) groups is 2. The summed E-state index contributed by atoms with van der Waals surface area (Å²) in [7, 11) is 1.79. The molecule has 0 saturated heterocycles. The average molecular weight is 500 g/mol. The lowest BCUT2D eigenvalue weighted by Gasteiger charge is -2.18. The highest BCUT2D eigenvalue weighted by Crippen LogP contribution is 2.35. The van der Waals surface area contributed by atoms with E-state index in [2.05, 4.69) is 31.0 Å². The zero-order chi connectivity index (χ0) is 24.1. The number of hydrogen-bond acceptors (Lipinski definition) is 8. The summed E-state index contributed by atoms with van der Waals surface area (Å²) in [5.74, 6) is 0.826. The van der Waals surface area contributed by atoms with E-state index >= 15 is 0 Å². The predicted octanol–water partition coefficient (Wildman–Crippen LogP) is 4.24. The van der Waals surface area contributed by atoms with E-state index in [0.29, 0.717) is 22.0 Å². The van der Waals surface area contributed by atoms with E-state index in [0.717, 1.165) is 29.1 Å². The molecular weight excluding hydrogens is 470 g/mol. The molecule has 0 atom stereocenters. The van der Waals surface area contributed by atoms with Crippen molar-refractivity contribution in [3.05, 3.63) is 40.2 Å². The van der Waals surface area contributed by atoms with Crippen LogP contribution in [0, 0.1) is 13.8 Å².